The Morgan fingerprint density at radius 1 is 1.05 bits per heavy atom. The molecule has 19 heavy (non-hydrogen) atoms. The number of aromatic nitrogens is 2. The first-order valence-corrected chi connectivity index (χ1v) is 7.29. The zero-order chi connectivity index (χ0) is 12.8. The molecule has 0 radical (unpaired) electrons. The van der Waals surface area contributed by atoms with Gasteiger partial charge in [-0.15, -0.1) is 11.3 Å². The molecular weight excluding hydrogens is 272 g/mol. The van der Waals surface area contributed by atoms with Crippen molar-refractivity contribution in [2.75, 3.05) is 0 Å². The van der Waals surface area contributed by atoms with Crippen LogP contribution in [-0.2, 0) is 0 Å². The first-order valence-electron chi connectivity index (χ1n) is 6.00. The van der Waals surface area contributed by atoms with Crippen LogP contribution in [0, 0.1) is 4.77 Å². The highest BCUT2D eigenvalue weighted by Crippen LogP contribution is 2.26. The van der Waals surface area contributed by atoms with Gasteiger partial charge in [0, 0.05) is 10.4 Å². The number of thiophene rings is 1. The molecule has 0 aliphatic heterocycles. The fraction of sp³-hybridized carbons (Fsp3) is 0. The highest BCUT2D eigenvalue weighted by Gasteiger charge is 2.06. The molecule has 0 unspecified atom stereocenters. The third-order valence-corrected chi connectivity index (χ3v) is 4.47. The van der Waals surface area contributed by atoms with Gasteiger partial charge in [-0.3, -0.25) is 4.57 Å². The molecule has 4 heteroatoms. The van der Waals surface area contributed by atoms with Crippen molar-refractivity contribution in [1.29, 1.82) is 0 Å². The molecule has 2 heterocycles. The Morgan fingerprint density at radius 2 is 1.95 bits per heavy atom. The van der Waals surface area contributed by atoms with Crippen LogP contribution in [0.2, 0.25) is 0 Å². The number of nitrogens with zero attached hydrogens (tertiary/aromatic N) is 1. The van der Waals surface area contributed by atoms with Crippen molar-refractivity contribution >= 4 is 44.7 Å². The summed E-state index contributed by atoms with van der Waals surface area (Å²) in [5.74, 6) is 0. The summed E-state index contributed by atoms with van der Waals surface area (Å²) in [6.07, 6.45) is 0. The summed E-state index contributed by atoms with van der Waals surface area (Å²) in [4.78, 5) is 3.25. The Hall–Kier alpha value is -1.91. The molecule has 0 spiro atoms. The number of benzene rings is 2. The average molecular weight is 282 g/mol. The third-order valence-electron chi connectivity index (χ3n) is 3.28. The van der Waals surface area contributed by atoms with Crippen LogP contribution in [0.4, 0.5) is 0 Å². The van der Waals surface area contributed by atoms with Gasteiger partial charge >= 0.3 is 0 Å². The molecule has 2 nitrogen and oxygen atoms in total. The zero-order valence-corrected chi connectivity index (χ0v) is 11.6. The van der Waals surface area contributed by atoms with Gasteiger partial charge in [0.15, 0.2) is 4.77 Å². The van der Waals surface area contributed by atoms with E-state index in [1.54, 1.807) is 11.3 Å². The summed E-state index contributed by atoms with van der Waals surface area (Å²) in [6, 6.07) is 16.8. The SMILES string of the molecule is S=c1[nH]c2ccccc2n1-c1ccc2sccc2c1. The Morgan fingerprint density at radius 3 is 2.89 bits per heavy atom. The maximum atomic E-state index is 5.45. The van der Waals surface area contributed by atoms with Crippen molar-refractivity contribution in [3.05, 3.63) is 58.7 Å². The molecule has 0 fully saturated rings. The van der Waals surface area contributed by atoms with E-state index in [1.807, 2.05) is 18.2 Å². The minimum Gasteiger partial charge on any atom is -0.330 e. The van der Waals surface area contributed by atoms with Crippen molar-refractivity contribution in [2.45, 2.75) is 0 Å². The number of imidazole rings is 1. The number of aromatic amines is 1. The summed E-state index contributed by atoms with van der Waals surface area (Å²) >= 11 is 7.21. The lowest BCUT2D eigenvalue weighted by atomic mass is 10.2. The van der Waals surface area contributed by atoms with Crippen LogP contribution in [0.15, 0.2) is 53.9 Å². The van der Waals surface area contributed by atoms with Crippen LogP contribution >= 0.6 is 23.6 Å². The molecule has 0 saturated heterocycles. The van der Waals surface area contributed by atoms with Gasteiger partial charge < -0.3 is 4.98 Å². The van der Waals surface area contributed by atoms with Crippen LogP contribution in [0.1, 0.15) is 0 Å². The van der Waals surface area contributed by atoms with Crippen molar-refractivity contribution < 1.29 is 0 Å². The quantitative estimate of drug-likeness (QED) is 0.492. The number of fused-ring (bicyclic) bond motifs is 2. The smallest absolute Gasteiger partial charge is 0.182 e. The lowest BCUT2D eigenvalue weighted by Gasteiger charge is -2.04. The highest BCUT2D eigenvalue weighted by atomic mass is 32.1. The number of para-hydroxylation sites is 2. The highest BCUT2D eigenvalue weighted by molar-refractivity contribution is 7.71. The molecule has 0 aliphatic rings. The maximum Gasteiger partial charge on any atom is 0.182 e. The lowest BCUT2D eigenvalue weighted by Crippen LogP contribution is -1.93. The molecule has 0 bridgehead atoms. The number of hydrogen-bond donors (Lipinski definition) is 1. The van der Waals surface area contributed by atoms with Gasteiger partial charge in [-0.2, -0.15) is 0 Å². The molecule has 2 aromatic carbocycles. The van der Waals surface area contributed by atoms with Crippen LogP contribution in [0.3, 0.4) is 0 Å². The van der Waals surface area contributed by atoms with Gasteiger partial charge in [0.2, 0.25) is 0 Å². The monoisotopic (exact) mass is 282 g/mol. The normalized spacial score (nSPS) is 11.4. The van der Waals surface area contributed by atoms with E-state index in [1.165, 1.54) is 10.1 Å². The van der Waals surface area contributed by atoms with Gasteiger partial charge in [-0.05, 0) is 59.4 Å². The Labute approximate surface area is 118 Å². The number of hydrogen-bond acceptors (Lipinski definition) is 2. The molecule has 0 saturated carbocycles. The fourth-order valence-corrected chi connectivity index (χ4v) is 3.49. The van der Waals surface area contributed by atoms with Crippen LogP contribution in [-0.4, -0.2) is 9.55 Å². The molecule has 92 valence electrons. The fourth-order valence-electron chi connectivity index (χ4n) is 2.40. The Bertz CT molecular complexity index is 943. The number of nitrogens with one attached hydrogen (secondary N) is 1. The predicted octanol–water partition coefficient (Wildman–Crippen LogP) is 4.90. The van der Waals surface area contributed by atoms with E-state index in [0.717, 1.165) is 21.5 Å². The van der Waals surface area contributed by atoms with E-state index in [0.29, 0.717) is 0 Å². The minimum atomic E-state index is 0.732. The van der Waals surface area contributed by atoms with Crippen LogP contribution in [0.5, 0.6) is 0 Å². The van der Waals surface area contributed by atoms with Crippen molar-refractivity contribution in [1.82, 2.24) is 9.55 Å². The second-order valence-corrected chi connectivity index (χ2v) is 5.76. The van der Waals surface area contributed by atoms with E-state index in [9.17, 15) is 0 Å². The minimum absolute atomic E-state index is 0.732. The van der Waals surface area contributed by atoms with Gasteiger partial charge in [-0.25, -0.2) is 0 Å². The standard InChI is InChI=1S/C15H10N2S2/c18-15-16-12-3-1-2-4-13(12)17(15)11-5-6-14-10(9-11)7-8-19-14/h1-9H,(H,16,18). The summed E-state index contributed by atoms with van der Waals surface area (Å²) in [7, 11) is 0. The van der Waals surface area contributed by atoms with Crippen molar-refractivity contribution in [2.24, 2.45) is 0 Å². The predicted molar refractivity (Wildman–Crippen MR) is 83.8 cm³/mol. The Balaban J connectivity index is 2.08. The summed E-state index contributed by atoms with van der Waals surface area (Å²) in [5, 5.41) is 3.37. The second kappa shape index (κ2) is 4.05. The Kier molecular flexibility index (Phi) is 2.33. The molecule has 0 aliphatic carbocycles. The van der Waals surface area contributed by atoms with E-state index >= 15 is 0 Å². The first kappa shape index (κ1) is 11.0. The summed E-state index contributed by atoms with van der Waals surface area (Å²) in [5.41, 5.74) is 3.29. The molecule has 4 aromatic rings. The van der Waals surface area contributed by atoms with E-state index in [2.05, 4.69) is 45.3 Å². The van der Waals surface area contributed by atoms with Gasteiger partial charge in [-0.1, -0.05) is 12.1 Å². The zero-order valence-electron chi connectivity index (χ0n) is 9.96. The van der Waals surface area contributed by atoms with E-state index in [-0.39, 0.29) is 0 Å². The lowest BCUT2D eigenvalue weighted by molar-refractivity contribution is 1.07. The van der Waals surface area contributed by atoms with Gasteiger partial charge in [0.25, 0.3) is 0 Å². The van der Waals surface area contributed by atoms with Gasteiger partial charge in [0.05, 0.1) is 11.0 Å². The topological polar surface area (TPSA) is 20.7 Å². The van der Waals surface area contributed by atoms with Crippen molar-refractivity contribution in [3.63, 3.8) is 0 Å². The molecule has 4 rings (SSSR count). The van der Waals surface area contributed by atoms with E-state index in [4.69, 9.17) is 12.2 Å². The molecular formula is C15H10N2S2. The number of rotatable bonds is 1. The van der Waals surface area contributed by atoms with E-state index < -0.39 is 0 Å². The second-order valence-electron chi connectivity index (χ2n) is 4.43. The molecule has 0 atom stereocenters. The van der Waals surface area contributed by atoms with Crippen molar-refractivity contribution in [3.8, 4) is 5.69 Å². The summed E-state index contributed by atoms with van der Waals surface area (Å²) < 4.78 is 4.12. The first-order chi connectivity index (χ1) is 9.33. The molecule has 1 N–H and O–H groups in total. The molecule has 0 amide bonds. The number of H-pyrrole nitrogens is 1. The third kappa shape index (κ3) is 1.64. The summed E-state index contributed by atoms with van der Waals surface area (Å²) in [6.45, 7) is 0. The average Bonchev–Trinajstić information content (AvgIpc) is 3.00. The van der Waals surface area contributed by atoms with Crippen LogP contribution in [0.25, 0.3) is 26.8 Å². The molecule has 2 aromatic heterocycles. The van der Waals surface area contributed by atoms with Crippen LogP contribution < -0.4 is 0 Å². The maximum absolute atomic E-state index is 5.45. The largest absolute Gasteiger partial charge is 0.330 e. The van der Waals surface area contributed by atoms with Gasteiger partial charge in [0.1, 0.15) is 0 Å².